The SMILES string of the molecule is CCC1=C(OCC(F)(F)F)C(Br)=C([C@@H](C)CC)N=C(C2CCN(C)CC2)N1. The lowest BCUT2D eigenvalue weighted by atomic mass is 9.95. The molecular formula is C19H29BrF3N3O. The number of piperidine rings is 1. The number of rotatable bonds is 6. The Labute approximate surface area is 168 Å². The van der Waals surface area contributed by atoms with Crippen LogP contribution in [0.5, 0.6) is 0 Å². The molecule has 1 atom stereocenters. The van der Waals surface area contributed by atoms with Crippen LogP contribution in [0.15, 0.2) is 26.6 Å². The van der Waals surface area contributed by atoms with Crippen molar-refractivity contribution in [1.82, 2.24) is 10.2 Å². The van der Waals surface area contributed by atoms with E-state index in [1.54, 1.807) is 0 Å². The fourth-order valence-electron chi connectivity index (χ4n) is 3.22. The van der Waals surface area contributed by atoms with E-state index < -0.39 is 12.8 Å². The van der Waals surface area contributed by atoms with Crippen molar-refractivity contribution in [2.24, 2.45) is 16.8 Å². The molecule has 0 unspecified atom stereocenters. The van der Waals surface area contributed by atoms with Crippen molar-refractivity contribution < 1.29 is 17.9 Å². The van der Waals surface area contributed by atoms with Gasteiger partial charge in [0.2, 0.25) is 0 Å². The van der Waals surface area contributed by atoms with E-state index in [2.05, 4.69) is 33.2 Å². The van der Waals surface area contributed by atoms with Gasteiger partial charge in [-0.25, -0.2) is 4.99 Å². The van der Waals surface area contributed by atoms with E-state index in [-0.39, 0.29) is 17.6 Å². The van der Waals surface area contributed by atoms with Crippen molar-refractivity contribution in [2.45, 2.75) is 52.6 Å². The molecule has 1 N–H and O–H groups in total. The highest BCUT2D eigenvalue weighted by atomic mass is 79.9. The lowest BCUT2D eigenvalue weighted by molar-refractivity contribution is -0.164. The number of nitrogens with zero attached hydrogens (tertiary/aromatic N) is 2. The molecule has 0 aliphatic carbocycles. The Morgan fingerprint density at radius 1 is 1.30 bits per heavy atom. The zero-order chi connectivity index (χ0) is 20.2. The molecule has 0 bridgehead atoms. The van der Waals surface area contributed by atoms with Crippen molar-refractivity contribution in [2.75, 3.05) is 26.7 Å². The molecule has 2 aliphatic heterocycles. The Kier molecular flexibility index (Phi) is 7.80. The molecular weight excluding hydrogens is 423 g/mol. The molecule has 0 aromatic heterocycles. The summed E-state index contributed by atoms with van der Waals surface area (Å²) in [5.41, 5.74) is 1.39. The topological polar surface area (TPSA) is 36.9 Å². The van der Waals surface area contributed by atoms with E-state index in [1.165, 1.54) is 0 Å². The maximum Gasteiger partial charge on any atom is 0.422 e. The minimum Gasteiger partial charge on any atom is -0.481 e. The lowest BCUT2D eigenvalue weighted by Crippen LogP contribution is -2.39. The van der Waals surface area contributed by atoms with E-state index in [4.69, 9.17) is 9.73 Å². The van der Waals surface area contributed by atoms with Gasteiger partial charge in [0, 0.05) is 5.92 Å². The van der Waals surface area contributed by atoms with E-state index in [0.29, 0.717) is 16.6 Å². The van der Waals surface area contributed by atoms with Gasteiger partial charge in [-0.2, -0.15) is 13.2 Å². The highest BCUT2D eigenvalue weighted by Crippen LogP contribution is 2.35. The monoisotopic (exact) mass is 451 g/mol. The van der Waals surface area contributed by atoms with Crippen LogP contribution >= 0.6 is 15.9 Å². The number of likely N-dealkylation sites (tertiary alicyclic amines) is 1. The first-order valence-corrected chi connectivity index (χ1v) is 10.3. The molecule has 2 aliphatic rings. The van der Waals surface area contributed by atoms with Gasteiger partial charge < -0.3 is 15.0 Å². The zero-order valence-corrected chi connectivity index (χ0v) is 18.0. The number of hydrogen-bond donors (Lipinski definition) is 1. The summed E-state index contributed by atoms with van der Waals surface area (Å²) in [6, 6.07) is 0. The minimum atomic E-state index is -4.39. The average Bonchev–Trinajstić information content (AvgIpc) is 2.76. The van der Waals surface area contributed by atoms with Crippen LogP contribution in [0.25, 0.3) is 0 Å². The zero-order valence-electron chi connectivity index (χ0n) is 16.4. The molecule has 4 nitrogen and oxygen atoms in total. The van der Waals surface area contributed by atoms with Crippen LogP contribution in [0.3, 0.4) is 0 Å². The quantitative estimate of drug-likeness (QED) is 0.603. The van der Waals surface area contributed by atoms with Crippen molar-refractivity contribution in [3.05, 3.63) is 21.6 Å². The lowest BCUT2D eigenvalue weighted by Gasteiger charge is -2.30. The third-order valence-electron chi connectivity index (χ3n) is 5.14. The molecule has 2 rings (SSSR count). The van der Waals surface area contributed by atoms with Crippen LogP contribution in [0.2, 0.25) is 0 Å². The second-order valence-corrected chi connectivity index (χ2v) is 8.07. The first kappa shape index (κ1) is 22.3. The minimum absolute atomic E-state index is 0.100. The summed E-state index contributed by atoms with van der Waals surface area (Å²) >= 11 is 3.50. The fourth-order valence-corrected chi connectivity index (χ4v) is 4.05. The van der Waals surface area contributed by atoms with Gasteiger partial charge in [-0.1, -0.05) is 20.8 Å². The molecule has 0 amide bonds. The van der Waals surface area contributed by atoms with Crippen molar-refractivity contribution in [1.29, 1.82) is 0 Å². The smallest absolute Gasteiger partial charge is 0.422 e. The van der Waals surface area contributed by atoms with Crippen LogP contribution in [0.1, 0.15) is 46.5 Å². The molecule has 0 aromatic rings. The molecule has 27 heavy (non-hydrogen) atoms. The molecule has 2 heterocycles. The van der Waals surface area contributed by atoms with Crippen molar-refractivity contribution in [3.63, 3.8) is 0 Å². The Morgan fingerprint density at radius 3 is 2.44 bits per heavy atom. The molecule has 0 radical (unpaired) electrons. The van der Waals surface area contributed by atoms with Crippen LogP contribution in [-0.4, -0.2) is 43.7 Å². The van der Waals surface area contributed by atoms with Crippen LogP contribution in [0.4, 0.5) is 13.2 Å². The van der Waals surface area contributed by atoms with Gasteiger partial charge in [0.25, 0.3) is 0 Å². The van der Waals surface area contributed by atoms with E-state index in [0.717, 1.165) is 43.9 Å². The Morgan fingerprint density at radius 2 is 1.93 bits per heavy atom. The first-order chi connectivity index (χ1) is 12.7. The Hall–Kier alpha value is -1.02. The normalized spacial score (nSPS) is 21.7. The van der Waals surface area contributed by atoms with Gasteiger partial charge >= 0.3 is 6.18 Å². The third kappa shape index (κ3) is 5.98. The summed E-state index contributed by atoms with van der Waals surface area (Å²) in [5.74, 6) is 1.43. The van der Waals surface area contributed by atoms with Gasteiger partial charge in [-0.05, 0) is 67.7 Å². The van der Waals surface area contributed by atoms with Gasteiger partial charge in [0.1, 0.15) is 5.84 Å². The number of allylic oxidation sites excluding steroid dienone is 3. The summed E-state index contributed by atoms with van der Waals surface area (Å²) < 4.78 is 44.0. The number of alkyl halides is 3. The summed E-state index contributed by atoms with van der Waals surface area (Å²) in [6.07, 6.45) is -1.07. The standard InChI is InChI=1S/C19H29BrF3N3O/c1-5-12(3)16-15(20)17(27-11-19(21,22)23)14(6-2)24-18(25-16)13-7-9-26(4)10-8-13/h12-13H,5-11H2,1-4H3,(H,24,25)/t12-/m0/s1. The van der Waals surface area contributed by atoms with Crippen LogP contribution in [0, 0.1) is 11.8 Å². The number of amidine groups is 1. The molecule has 0 spiro atoms. The van der Waals surface area contributed by atoms with E-state index >= 15 is 0 Å². The highest BCUT2D eigenvalue weighted by molar-refractivity contribution is 9.12. The van der Waals surface area contributed by atoms with Crippen LogP contribution < -0.4 is 5.32 Å². The van der Waals surface area contributed by atoms with E-state index in [9.17, 15) is 13.2 Å². The predicted molar refractivity (Wildman–Crippen MR) is 106 cm³/mol. The maximum atomic E-state index is 12.8. The van der Waals surface area contributed by atoms with Gasteiger partial charge in [-0.15, -0.1) is 0 Å². The predicted octanol–water partition coefficient (Wildman–Crippen LogP) is 5.18. The summed E-state index contributed by atoms with van der Waals surface area (Å²) in [5, 5.41) is 3.32. The number of hydrogen-bond acceptors (Lipinski definition) is 4. The summed E-state index contributed by atoms with van der Waals surface area (Å²) in [6.45, 7) is 6.63. The van der Waals surface area contributed by atoms with Crippen molar-refractivity contribution in [3.8, 4) is 0 Å². The molecule has 154 valence electrons. The van der Waals surface area contributed by atoms with Crippen LogP contribution in [-0.2, 0) is 4.74 Å². The third-order valence-corrected chi connectivity index (χ3v) is 5.90. The molecule has 1 fully saturated rings. The summed E-state index contributed by atoms with van der Waals surface area (Å²) in [4.78, 5) is 7.17. The Bertz CT molecular complexity index is 620. The number of halogens is 4. The number of nitrogens with one attached hydrogen (secondary N) is 1. The largest absolute Gasteiger partial charge is 0.481 e. The molecule has 8 heteroatoms. The highest BCUT2D eigenvalue weighted by Gasteiger charge is 2.32. The van der Waals surface area contributed by atoms with E-state index in [1.807, 2.05) is 20.8 Å². The molecule has 1 saturated heterocycles. The molecule has 0 saturated carbocycles. The fraction of sp³-hybridized carbons (Fsp3) is 0.737. The Balaban J connectivity index is 2.42. The number of ether oxygens (including phenoxy) is 1. The molecule has 0 aromatic carbocycles. The number of aliphatic imine (C=N–C) groups is 1. The first-order valence-electron chi connectivity index (χ1n) is 9.53. The van der Waals surface area contributed by atoms with Gasteiger partial charge in [0.15, 0.2) is 12.4 Å². The second-order valence-electron chi connectivity index (χ2n) is 7.27. The van der Waals surface area contributed by atoms with Gasteiger partial charge in [-0.3, -0.25) is 0 Å². The second kappa shape index (κ2) is 9.45. The maximum absolute atomic E-state index is 12.8. The summed E-state index contributed by atoms with van der Waals surface area (Å²) in [7, 11) is 2.10. The average molecular weight is 452 g/mol. The van der Waals surface area contributed by atoms with Gasteiger partial charge in [0.05, 0.1) is 15.9 Å². The van der Waals surface area contributed by atoms with Crippen molar-refractivity contribution >= 4 is 21.8 Å².